The quantitative estimate of drug-likeness (QED) is 0.429. The molecule has 0 spiro atoms. The lowest BCUT2D eigenvalue weighted by molar-refractivity contribution is -0.274. The number of hydrogen-bond donors (Lipinski definition) is 2. The van der Waals surface area contributed by atoms with E-state index in [1.165, 1.54) is 12.1 Å². The van der Waals surface area contributed by atoms with Crippen LogP contribution in [0.1, 0.15) is 18.4 Å². The third-order valence-corrected chi connectivity index (χ3v) is 3.63. The number of nitrogens with zero attached hydrogens (tertiary/aromatic N) is 1. The first kappa shape index (κ1) is 19.5. The molecule has 0 aliphatic heterocycles. The fourth-order valence-electron chi connectivity index (χ4n) is 1.85. The second-order valence-corrected chi connectivity index (χ2v) is 5.69. The predicted molar refractivity (Wildman–Crippen MR) is 88.9 cm³/mol. The van der Waals surface area contributed by atoms with Gasteiger partial charge in [0, 0.05) is 25.7 Å². The molecule has 2 N–H and O–H groups in total. The Morgan fingerprint density at radius 1 is 1.22 bits per heavy atom. The molecule has 1 rings (SSSR count). The van der Waals surface area contributed by atoms with Crippen molar-refractivity contribution in [1.82, 2.24) is 10.6 Å². The summed E-state index contributed by atoms with van der Waals surface area (Å²) < 4.78 is 41.1. The van der Waals surface area contributed by atoms with Gasteiger partial charge in [0.05, 0.1) is 0 Å². The summed E-state index contributed by atoms with van der Waals surface area (Å²) in [7, 11) is 1.62. The topological polar surface area (TPSA) is 45.7 Å². The Labute approximate surface area is 138 Å². The molecule has 4 nitrogen and oxygen atoms in total. The van der Waals surface area contributed by atoms with Gasteiger partial charge in [0.1, 0.15) is 5.75 Å². The maximum absolute atomic E-state index is 12.4. The van der Waals surface area contributed by atoms with Gasteiger partial charge in [-0.2, -0.15) is 11.8 Å². The highest BCUT2D eigenvalue weighted by molar-refractivity contribution is 7.98. The number of thioether (sulfide) groups is 1. The highest BCUT2D eigenvalue weighted by Gasteiger charge is 2.31. The van der Waals surface area contributed by atoms with E-state index in [0.29, 0.717) is 11.5 Å². The van der Waals surface area contributed by atoms with Gasteiger partial charge in [-0.3, -0.25) is 4.99 Å². The van der Waals surface area contributed by atoms with Crippen LogP contribution in [0.15, 0.2) is 29.3 Å². The molecule has 0 atom stereocenters. The second kappa shape index (κ2) is 10.3. The molecule has 8 heteroatoms. The van der Waals surface area contributed by atoms with Crippen molar-refractivity contribution >= 4 is 17.7 Å². The van der Waals surface area contributed by atoms with Crippen molar-refractivity contribution < 1.29 is 17.9 Å². The molecular weight excluding hydrogens is 327 g/mol. The first-order chi connectivity index (χ1) is 11.0. The molecule has 1 aromatic rings. The number of para-hydroxylation sites is 1. The number of alkyl halides is 3. The van der Waals surface area contributed by atoms with Gasteiger partial charge in [0.2, 0.25) is 0 Å². The average Bonchev–Trinajstić information content (AvgIpc) is 2.50. The van der Waals surface area contributed by atoms with Crippen molar-refractivity contribution in [1.29, 1.82) is 0 Å². The molecule has 0 aliphatic carbocycles. The molecule has 0 amide bonds. The standard InChI is InChI=1S/C15H22F3N3OS/c1-19-14(20-9-5-6-10-23-2)21-11-12-7-3-4-8-13(12)22-15(16,17)18/h3-4,7-8H,5-6,9-11H2,1-2H3,(H2,19,20,21). The van der Waals surface area contributed by atoms with E-state index in [2.05, 4.69) is 26.6 Å². The van der Waals surface area contributed by atoms with Gasteiger partial charge in [-0.1, -0.05) is 18.2 Å². The molecule has 0 aromatic heterocycles. The third-order valence-electron chi connectivity index (χ3n) is 2.94. The van der Waals surface area contributed by atoms with E-state index >= 15 is 0 Å². The van der Waals surface area contributed by atoms with Gasteiger partial charge < -0.3 is 15.4 Å². The predicted octanol–water partition coefficient (Wildman–Crippen LogP) is 3.39. The zero-order valence-corrected chi connectivity index (χ0v) is 14.1. The van der Waals surface area contributed by atoms with Crippen LogP contribution in [0.3, 0.4) is 0 Å². The van der Waals surface area contributed by atoms with Crippen molar-refractivity contribution in [3.05, 3.63) is 29.8 Å². The van der Waals surface area contributed by atoms with Gasteiger partial charge in [-0.05, 0) is 30.9 Å². The summed E-state index contributed by atoms with van der Waals surface area (Å²) in [6.45, 7) is 0.956. The Hall–Kier alpha value is -1.57. The Morgan fingerprint density at radius 2 is 1.96 bits per heavy atom. The molecule has 1 aromatic carbocycles. The van der Waals surface area contributed by atoms with Gasteiger partial charge in [0.25, 0.3) is 0 Å². The van der Waals surface area contributed by atoms with Crippen LogP contribution < -0.4 is 15.4 Å². The van der Waals surface area contributed by atoms with Crippen LogP contribution >= 0.6 is 11.8 Å². The zero-order valence-electron chi connectivity index (χ0n) is 13.2. The lowest BCUT2D eigenvalue weighted by Crippen LogP contribution is -2.37. The lowest BCUT2D eigenvalue weighted by Gasteiger charge is -2.15. The summed E-state index contributed by atoms with van der Waals surface area (Å²) in [6, 6.07) is 6.05. The van der Waals surface area contributed by atoms with Gasteiger partial charge in [-0.15, -0.1) is 13.2 Å². The molecule has 0 saturated carbocycles. The number of rotatable bonds is 8. The minimum atomic E-state index is -4.70. The Bertz CT molecular complexity index is 495. The van der Waals surface area contributed by atoms with E-state index in [-0.39, 0.29) is 12.3 Å². The van der Waals surface area contributed by atoms with Crippen LogP contribution in [-0.4, -0.2) is 37.9 Å². The largest absolute Gasteiger partial charge is 0.573 e. The van der Waals surface area contributed by atoms with Crippen molar-refractivity contribution in [2.24, 2.45) is 4.99 Å². The number of guanidine groups is 1. The molecule has 0 heterocycles. The number of hydrogen-bond acceptors (Lipinski definition) is 3. The summed E-state index contributed by atoms with van der Waals surface area (Å²) in [5.74, 6) is 1.45. The first-order valence-corrected chi connectivity index (χ1v) is 8.62. The fourth-order valence-corrected chi connectivity index (χ4v) is 2.34. The monoisotopic (exact) mass is 349 g/mol. The highest BCUT2D eigenvalue weighted by atomic mass is 32.2. The van der Waals surface area contributed by atoms with Crippen LogP contribution in [0.2, 0.25) is 0 Å². The van der Waals surface area contributed by atoms with Crippen LogP contribution in [0, 0.1) is 0 Å². The first-order valence-electron chi connectivity index (χ1n) is 7.23. The van der Waals surface area contributed by atoms with Gasteiger partial charge in [0.15, 0.2) is 5.96 Å². The van der Waals surface area contributed by atoms with Crippen LogP contribution in [0.4, 0.5) is 13.2 Å². The number of benzene rings is 1. The van der Waals surface area contributed by atoms with Crippen molar-refractivity contribution in [3.63, 3.8) is 0 Å². The molecule has 130 valence electrons. The number of ether oxygens (including phenoxy) is 1. The molecule has 0 aliphatic rings. The summed E-state index contributed by atoms with van der Waals surface area (Å²) in [6.07, 6.45) is -0.523. The number of halogens is 3. The summed E-state index contributed by atoms with van der Waals surface area (Å²) >= 11 is 1.80. The van der Waals surface area contributed by atoms with Gasteiger partial charge >= 0.3 is 6.36 Å². The molecule has 0 unspecified atom stereocenters. The normalized spacial score (nSPS) is 12.1. The van der Waals surface area contributed by atoms with E-state index in [9.17, 15) is 13.2 Å². The zero-order chi connectivity index (χ0) is 17.1. The Morgan fingerprint density at radius 3 is 2.61 bits per heavy atom. The Balaban J connectivity index is 2.49. The number of aliphatic imine (C=N–C) groups is 1. The third kappa shape index (κ3) is 8.59. The Kier molecular flexibility index (Phi) is 8.68. The maximum atomic E-state index is 12.4. The van der Waals surface area contributed by atoms with Crippen LogP contribution in [0.25, 0.3) is 0 Å². The second-order valence-electron chi connectivity index (χ2n) is 4.71. The SMILES string of the molecule is CN=C(NCCCCSC)NCc1ccccc1OC(F)(F)F. The molecule has 0 fully saturated rings. The maximum Gasteiger partial charge on any atom is 0.573 e. The van der Waals surface area contributed by atoms with E-state index in [1.807, 2.05) is 0 Å². The highest BCUT2D eigenvalue weighted by Crippen LogP contribution is 2.25. The average molecular weight is 349 g/mol. The van der Waals surface area contributed by atoms with Crippen LogP contribution in [0.5, 0.6) is 5.75 Å². The molecule has 0 radical (unpaired) electrons. The number of unbranched alkanes of at least 4 members (excludes halogenated alkanes) is 1. The smallest absolute Gasteiger partial charge is 0.405 e. The summed E-state index contributed by atoms with van der Waals surface area (Å²) in [4.78, 5) is 4.05. The molecule has 0 saturated heterocycles. The van der Waals surface area contributed by atoms with E-state index in [0.717, 1.165) is 25.1 Å². The molecule has 0 bridgehead atoms. The van der Waals surface area contributed by atoms with Crippen molar-refractivity contribution in [2.75, 3.05) is 25.6 Å². The van der Waals surface area contributed by atoms with Crippen molar-refractivity contribution in [3.8, 4) is 5.75 Å². The minimum absolute atomic E-state index is 0.191. The molecule has 23 heavy (non-hydrogen) atoms. The van der Waals surface area contributed by atoms with Crippen LogP contribution in [-0.2, 0) is 6.54 Å². The fraction of sp³-hybridized carbons (Fsp3) is 0.533. The van der Waals surface area contributed by atoms with Gasteiger partial charge in [-0.25, -0.2) is 0 Å². The van der Waals surface area contributed by atoms with Crippen molar-refractivity contribution in [2.45, 2.75) is 25.7 Å². The minimum Gasteiger partial charge on any atom is -0.405 e. The molecular formula is C15H22F3N3OS. The summed E-state index contributed by atoms with van der Waals surface area (Å²) in [5.41, 5.74) is 0.412. The number of nitrogens with one attached hydrogen (secondary N) is 2. The summed E-state index contributed by atoms with van der Waals surface area (Å²) in [5, 5.41) is 6.12. The van der Waals surface area contributed by atoms with E-state index < -0.39 is 6.36 Å². The van der Waals surface area contributed by atoms with E-state index in [4.69, 9.17) is 0 Å². The van der Waals surface area contributed by atoms with E-state index in [1.54, 1.807) is 30.9 Å². The lowest BCUT2D eigenvalue weighted by atomic mass is 10.2.